The zero-order valence-corrected chi connectivity index (χ0v) is 19.8. The van der Waals surface area contributed by atoms with Crippen LogP contribution < -0.4 is 4.74 Å². The van der Waals surface area contributed by atoms with E-state index < -0.39 is 21.5 Å². The van der Waals surface area contributed by atoms with Crippen molar-refractivity contribution in [3.05, 3.63) is 83.1 Å². The lowest BCUT2D eigenvalue weighted by Crippen LogP contribution is -2.05. The highest BCUT2D eigenvalue weighted by atomic mass is 32.2. The van der Waals surface area contributed by atoms with Gasteiger partial charge in [0, 0.05) is 10.9 Å². The molecule has 35 heavy (non-hydrogen) atoms. The third-order valence-corrected chi connectivity index (χ3v) is 7.90. The number of benzene rings is 3. The van der Waals surface area contributed by atoms with Gasteiger partial charge in [-0.1, -0.05) is 12.1 Å². The number of hydrogen-bond donors (Lipinski definition) is 0. The van der Waals surface area contributed by atoms with Crippen molar-refractivity contribution in [2.75, 3.05) is 7.11 Å². The maximum Gasteiger partial charge on any atom is 0.185 e. The summed E-state index contributed by atoms with van der Waals surface area (Å²) >= 11 is 1.17. The third kappa shape index (κ3) is 4.47. The minimum absolute atomic E-state index is 0.116. The van der Waals surface area contributed by atoms with Crippen molar-refractivity contribution >= 4 is 32.1 Å². The third-order valence-electron chi connectivity index (χ3n) is 5.40. The van der Waals surface area contributed by atoms with Crippen LogP contribution in [0.1, 0.15) is 5.01 Å². The second kappa shape index (κ2) is 9.08. The minimum atomic E-state index is -3.64. The molecule has 5 rings (SSSR count). The first-order chi connectivity index (χ1) is 16.9. The van der Waals surface area contributed by atoms with E-state index in [0.717, 1.165) is 12.1 Å². The molecular formula is C24H16F2N4O3S2. The Bertz CT molecular complexity index is 1660. The topological polar surface area (TPSA) is 94.9 Å². The molecule has 11 heteroatoms. The fourth-order valence-corrected chi connectivity index (χ4v) is 5.86. The van der Waals surface area contributed by atoms with Crippen LogP contribution in [0.4, 0.5) is 8.78 Å². The molecule has 7 nitrogen and oxygen atoms in total. The van der Waals surface area contributed by atoms with Crippen molar-refractivity contribution < 1.29 is 21.9 Å². The second-order valence-electron chi connectivity index (χ2n) is 7.54. The number of halogens is 2. The van der Waals surface area contributed by atoms with Gasteiger partial charge in [0.1, 0.15) is 28.3 Å². The van der Waals surface area contributed by atoms with Crippen LogP contribution in [0.2, 0.25) is 0 Å². The van der Waals surface area contributed by atoms with E-state index in [-0.39, 0.29) is 10.6 Å². The molecule has 0 fully saturated rings. The highest BCUT2D eigenvalue weighted by Crippen LogP contribution is 2.37. The number of nitrogens with zero attached hydrogens (tertiary/aromatic N) is 4. The Morgan fingerprint density at radius 3 is 2.49 bits per heavy atom. The first-order valence-electron chi connectivity index (χ1n) is 10.2. The summed E-state index contributed by atoms with van der Waals surface area (Å²) in [6.07, 6.45) is 1.35. The molecule has 0 saturated heterocycles. The predicted molar refractivity (Wildman–Crippen MR) is 128 cm³/mol. The monoisotopic (exact) mass is 510 g/mol. The summed E-state index contributed by atoms with van der Waals surface area (Å²) in [5.41, 5.74) is 4.22. The summed E-state index contributed by atoms with van der Waals surface area (Å²) in [4.78, 5) is 8.77. The molecule has 0 aliphatic heterocycles. The molecule has 0 atom stereocenters. The lowest BCUT2D eigenvalue weighted by Gasteiger charge is -2.13. The summed E-state index contributed by atoms with van der Waals surface area (Å²) < 4.78 is 58.3. The van der Waals surface area contributed by atoms with E-state index in [1.807, 2.05) is 0 Å². The van der Waals surface area contributed by atoms with Gasteiger partial charge >= 0.3 is 0 Å². The lowest BCUT2D eigenvalue weighted by atomic mass is 9.99. The standard InChI is InChI=1S/C24H16F2N4O3S2/c1-33-22-9-15(14-3-7-19(25)20(26)8-14)2-5-18(22)24-17-6-4-16(10-21(17)27-12-28-24)35(31,32)11-23-30-29-13-34-23/h2-10,12-13H,11H2,1H3. The van der Waals surface area contributed by atoms with Gasteiger partial charge in [-0.25, -0.2) is 27.2 Å². The fourth-order valence-electron chi connectivity index (χ4n) is 3.69. The molecule has 2 aromatic heterocycles. The number of fused-ring (bicyclic) bond motifs is 1. The molecular weight excluding hydrogens is 494 g/mol. The molecule has 5 aromatic rings. The number of sulfone groups is 1. The molecule has 0 N–H and O–H groups in total. The Kier molecular flexibility index (Phi) is 5.95. The summed E-state index contributed by atoms with van der Waals surface area (Å²) in [7, 11) is -2.15. The molecule has 0 unspecified atom stereocenters. The molecule has 0 spiro atoms. The highest BCUT2D eigenvalue weighted by Gasteiger charge is 2.20. The zero-order valence-electron chi connectivity index (χ0n) is 18.1. The molecule has 0 aliphatic rings. The molecule has 2 heterocycles. The maximum atomic E-state index is 13.7. The fraction of sp³-hybridized carbons (Fsp3) is 0.0833. The minimum Gasteiger partial charge on any atom is -0.496 e. The van der Waals surface area contributed by atoms with Crippen LogP contribution in [0.3, 0.4) is 0 Å². The first-order valence-corrected chi connectivity index (χ1v) is 12.8. The molecule has 3 aromatic carbocycles. The summed E-state index contributed by atoms with van der Waals surface area (Å²) in [5, 5.41) is 8.52. The summed E-state index contributed by atoms with van der Waals surface area (Å²) in [6, 6.07) is 13.5. The number of aromatic nitrogens is 4. The highest BCUT2D eigenvalue weighted by molar-refractivity contribution is 7.90. The molecule has 0 amide bonds. The van der Waals surface area contributed by atoms with Crippen molar-refractivity contribution in [1.29, 1.82) is 0 Å². The maximum absolute atomic E-state index is 13.7. The van der Waals surface area contributed by atoms with Gasteiger partial charge in [0.25, 0.3) is 0 Å². The van der Waals surface area contributed by atoms with Crippen LogP contribution in [0.25, 0.3) is 33.3 Å². The Morgan fingerprint density at radius 1 is 0.943 bits per heavy atom. The number of rotatable bonds is 6. The van der Waals surface area contributed by atoms with E-state index >= 15 is 0 Å². The normalized spacial score (nSPS) is 11.6. The number of methoxy groups -OCH3 is 1. The Morgan fingerprint density at radius 2 is 1.74 bits per heavy atom. The van der Waals surface area contributed by atoms with Gasteiger partial charge in [-0.2, -0.15) is 0 Å². The number of hydrogen-bond acceptors (Lipinski definition) is 8. The van der Waals surface area contributed by atoms with Crippen LogP contribution in [-0.4, -0.2) is 35.7 Å². The van der Waals surface area contributed by atoms with Crippen LogP contribution in [0.15, 0.2) is 71.3 Å². The van der Waals surface area contributed by atoms with Gasteiger partial charge in [-0.3, -0.25) is 0 Å². The van der Waals surface area contributed by atoms with Crippen molar-refractivity contribution in [1.82, 2.24) is 20.2 Å². The van der Waals surface area contributed by atoms with Crippen molar-refractivity contribution in [3.63, 3.8) is 0 Å². The van der Waals surface area contributed by atoms with Gasteiger partial charge in [-0.05, 0) is 53.6 Å². The van der Waals surface area contributed by atoms with Crippen molar-refractivity contribution in [3.8, 4) is 28.1 Å². The average Bonchev–Trinajstić information content (AvgIpc) is 3.37. The molecule has 0 radical (unpaired) electrons. The molecule has 176 valence electrons. The van der Waals surface area contributed by atoms with Gasteiger partial charge < -0.3 is 4.74 Å². The van der Waals surface area contributed by atoms with Gasteiger partial charge in [0.15, 0.2) is 21.5 Å². The smallest absolute Gasteiger partial charge is 0.185 e. The molecule has 0 aliphatic carbocycles. The van der Waals surface area contributed by atoms with Crippen LogP contribution >= 0.6 is 11.3 Å². The van der Waals surface area contributed by atoms with Crippen LogP contribution in [0, 0.1) is 11.6 Å². The quantitative estimate of drug-likeness (QED) is 0.315. The van der Waals surface area contributed by atoms with Crippen molar-refractivity contribution in [2.45, 2.75) is 10.6 Å². The van der Waals surface area contributed by atoms with Crippen molar-refractivity contribution in [2.24, 2.45) is 0 Å². The Labute approximate surface area is 203 Å². The summed E-state index contributed by atoms with van der Waals surface area (Å²) in [5.74, 6) is -1.65. The van der Waals surface area contributed by atoms with Crippen LogP contribution in [-0.2, 0) is 15.6 Å². The van der Waals surface area contributed by atoms with E-state index in [1.165, 1.54) is 48.5 Å². The average molecular weight is 511 g/mol. The van der Waals surface area contributed by atoms with E-state index in [2.05, 4.69) is 20.2 Å². The SMILES string of the molecule is COc1cc(-c2ccc(F)c(F)c2)ccc1-c1ncnc2cc(S(=O)(=O)Cc3nncs3)ccc12. The predicted octanol–water partition coefficient (Wildman–Crippen LogP) is 5.08. The van der Waals surface area contributed by atoms with E-state index in [0.29, 0.717) is 44.0 Å². The molecule has 0 saturated carbocycles. The van der Waals surface area contributed by atoms with E-state index in [9.17, 15) is 17.2 Å². The van der Waals surface area contributed by atoms with Crippen LogP contribution in [0.5, 0.6) is 5.75 Å². The molecule has 0 bridgehead atoms. The van der Waals surface area contributed by atoms with Gasteiger partial charge in [0.05, 0.1) is 23.2 Å². The largest absolute Gasteiger partial charge is 0.496 e. The van der Waals surface area contributed by atoms with E-state index in [1.54, 1.807) is 24.3 Å². The Hall–Kier alpha value is -3.83. The van der Waals surface area contributed by atoms with Gasteiger partial charge in [0.2, 0.25) is 0 Å². The first kappa shape index (κ1) is 22.9. The summed E-state index contributed by atoms with van der Waals surface area (Å²) in [6.45, 7) is 0. The van der Waals surface area contributed by atoms with E-state index in [4.69, 9.17) is 4.74 Å². The van der Waals surface area contributed by atoms with Gasteiger partial charge in [-0.15, -0.1) is 21.5 Å². The second-order valence-corrected chi connectivity index (χ2v) is 10.4. The zero-order chi connectivity index (χ0) is 24.6. The lowest BCUT2D eigenvalue weighted by molar-refractivity contribution is 0.416. The Balaban J connectivity index is 1.56. The number of ether oxygens (including phenoxy) is 1.